The Labute approximate surface area is 219 Å². The molecule has 0 radical (unpaired) electrons. The summed E-state index contributed by atoms with van der Waals surface area (Å²) in [5.74, 6) is 1.80. The molecule has 0 bridgehead atoms. The number of hydrogen-bond acceptors (Lipinski definition) is 2. The molecule has 0 saturated carbocycles. The molecular weight excluding hydrogens is 464 g/mol. The van der Waals surface area contributed by atoms with Crippen LogP contribution < -0.4 is 0 Å². The molecule has 0 spiro atoms. The van der Waals surface area contributed by atoms with Crippen molar-refractivity contribution in [1.82, 2.24) is 0 Å². The van der Waals surface area contributed by atoms with Crippen LogP contribution in [0.25, 0.3) is 76.9 Å². The second-order valence-electron chi connectivity index (χ2n) is 10.3. The van der Waals surface area contributed by atoms with Gasteiger partial charge in [-0.2, -0.15) is 0 Å². The van der Waals surface area contributed by atoms with E-state index in [1.165, 1.54) is 32.7 Å². The first-order chi connectivity index (χ1) is 18.6. The highest BCUT2D eigenvalue weighted by molar-refractivity contribution is 6.24. The molecule has 0 aliphatic rings. The second-order valence-corrected chi connectivity index (χ2v) is 10.3. The number of hydrogen-bond donors (Lipinski definition) is 0. The molecule has 8 aromatic rings. The maximum Gasteiger partial charge on any atom is 0.142 e. The van der Waals surface area contributed by atoms with Crippen LogP contribution in [0, 0.1) is 13.8 Å². The Morgan fingerprint density at radius 2 is 0.711 bits per heavy atom. The van der Waals surface area contributed by atoms with Crippen molar-refractivity contribution in [1.29, 1.82) is 0 Å². The van der Waals surface area contributed by atoms with Gasteiger partial charge in [0.05, 0.1) is 0 Å². The summed E-state index contributed by atoms with van der Waals surface area (Å²) in [5.41, 5.74) is 6.55. The van der Waals surface area contributed by atoms with Gasteiger partial charge in [-0.05, 0) is 59.7 Å². The average molecular weight is 489 g/mol. The largest absolute Gasteiger partial charge is 0.455 e. The zero-order chi connectivity index (χ0) is 25.4. The van der Waals surface area contributed by atoms with Crippen LogP contribution in [0.1, 0.15) is 11.1 Å². The minimum Gasteiger partial charge on any atom is -0.455 e. The summed E-state index contributed by atoms with van der Waals surface area (Å²) in [4.78, 5) is 0. The SMILES string of the molecule is Cc1ccc(-c2cc3ccc4c5ccc6c(ccc7cc(-c8ccc(C)cc8)oc76)c5ccc4c3o2)cc1. The molecule has 180 valence electrons. The molecule has 0 atom stereocenters. The second kappa shape index (κ2) is 7.84. The minimum absolute atomic E-state index is 0.899. The lowest BCUT2D eigenvalue weighted by molar-refractivity contribution is 0.634. The Hall–Kier alpha value is -4.82. The van der Waals surface area contributed by atoms with Crippen molar-refractivity contribution in [2.24, 2.45) is 0 Å². The Bertz CT molecular complexity index is 2010. The fraction of sp³-hybridized carbons (Fsp3) is 0.0556. The zero-order valence-corrected chi connectivity index (χ0v) is 21.2. The topological polar surface area (TPSA) is 26.3 Å². The Kier molecular flexibility index (Phi) is 4.39. The molecule has 8 rings (SSSR count). The van der Waals surface area contributed by atoms with E-state index in [0.29, 0.717) is 0 Å². The molecule has 2 nitrogen and oxygen atoms in total. The molecule has 0 N–H and O–H groups in total. The first-order valence-corrected chi connectivity index (χ1v) is 13.0. The lowest BCUT2D eigenvalue weighted by atomic mass is 9.95. The predicted molar refractivity (Wildman–Crippen MR) is 159 cm³/mol. The maximum absolute atomic E-state index is 6.44. The van der Waals surface area contributed by atoms with Crippen molar-refractivity contribution < 1.29 is 8.83 Å². The highest BCUT2D eigenvalue weighted by Gasteiger charge is 2.15. The summed E-state index contributed by atoms with van der Waals surface area (Å²) in [6.45, 7) is 4.20. The molecule has 2 aromatic heterocycles. The van der Waals surface area contributed by atoms with Crippen molar-refractivity contribution in [2.45, 2.75) is 13.8 Å². The fourth-order valence-electron chi connectivity index (χ4n) is 5.75. The first-order valence-electron chi connectivity index (χ1n) is 13.0. The smallest absolute Gasteiger partial charge is 0.142 e. The minimum atomic E-state index is 0.899. The summed E-state index contributed by atoms with van der Waals surface area (Å²) >= 11 is 0. The molecule has 38 heavy (non-hydrogen) atoms. The lowest BCUT2D eigenvalue weighted by Crippen LogP contribution is -1.82. The van der Waals surface area contributed by atoms with Gasteiger partial charge in [0.2, 0.25) is 0 Å². The molecule has 2 heterocycles. The van der Waals surface area contributed by atoms with E-state index in [1.54, 1.807) is 0 Å². The van der Waals surface area contributed by atoms with E-state index in [-0.39, 0.29) is 0 Å². The van der Waals surface area contributed by atoms with E-state index >= 15 is 0 Å². The van der Waals surface area contributed by atoms with Crippen molar-refractivity contribution in [3.05, 3.63) is 120 Å². The number of furan rings is 2. The van der Waals surface area contributed by atoms with E-state index in [0.717, 1.165) is 55.4 Å². The van der Waals surface area contributed by atoms with Gasteiger partial charge in [-0.15, -0.1) is 0 Å². The van der Waals surface area contributed by atoms with Gasteiger partial charge in [0.1, 0.15) is 22.7 Å². The maximum atomic E-state index is 6.44. The summed E-state index contributed by atoms with van der Waals surface area (Å²) in [7, 11) is 0. The molecule has 0 fully saturated rings. The van der Waals surface area contributed by atoms with Crippen LogP contribution in [0.3, 0.4) is 0 Å². The van der Waals surface area contributed by atoms with Crippen molar-refractivity contribution >= 4 is 54.3 Å². The van der Waals surface area contributed by atoms with Crippen LogP contribution >= 0.6 is 0 Å². The number of aryl methyl sites for hydroxylation is 2. The quantitative estimate of drug-likeness (QED) is 0.226. The number of fused-ring (bicyclic) bond motifs is 9. The van der Waals surface area contributed by atoms with Gasteiger partial charge in [0, 0.05) is 32.7 Å². The van der Waals surface area contributed by atoms with Crippen LogP contribution in [0.4, 0.5) is 0 Å². The molecular formula is C36H24O2. The molecule has 0 aliphatic carbocycles. The molecule has 2 heteroatoms. The Morgan fingerprint density at radius 3 is 1.13 bits per heavy atom. The van der Waals surface area contributed by atoms with E-state index in [2.05, 4.69) is 123 Å². The third-order valence-electron chi connectivity index (χ3n) is 7.83. The van der Waals surface area contributed by atoms with Crippen molar-refractivity contribution in [3.8, 4) is 22.6 Å². The molecule has 0 unspecified atom stereocenters. The monoisotopic (exact) mass is 488 g/mol. The van der Waals surface area contributed by atoms with Crippen molar-refractivity contribution in [3.63, 3.8) is 0 Å². The summed E-state index contributed by atoms with van der Waals surface area (Å²) in [6, 6.07) is 38.9. The lowest BCUT2D eigenvalue weighted by Gasteiger charge is -2.08. The molecule has 0 saturated heterocycles. The number of rotatable bonds is 2. The van der Waals surface area contributed by atoms with Gasteiger partial charge in [0.15, 0.2) is 0 Å². The summed E-state index contributed by atoms with van der Waals surface area (Å²) < 4.78 is 12.9. The highest BCUT2D eigenvalue weighted by Crippen LogP contribution is 2.40. The van der Waals surface area contributed by atoms with Gasteiger partial charge < -0.3 is 8.83 Å². The Morgan fingerprint density at radius 1 is 0.368 bits per heavy atom. The molecule has 6 aromatic carbocycles. The van der Waals surface area contributed by atoms with Crippen LogP contribution in [-0.4, -0.2) is 0 Å². The van der Waals surface area contributed by atoms with Gasteiger partial charge in [0.25, 0.3) is 0 Å². The van der Waals surface area contributed by atoms with E-state index in [1.807, 2.05) is 0 Å². The van der Waals surface area contributed by atoms with Crippen LogP contribution in [-0.2, 0) is 0 Å². The van der Waals surface area contributed by atoms with Crippen LogP contribution in [0.2, 0.25) is 0 Å². The van der Waals surface area contributed by atoms with Crippen molar-refractivity contribution in [2.75, 3.05) is 0 Å². The summed E-state index contributed by atoms with van der Waals surface area (Å²) in [5, 5.41) is 9.33. The van der Waals surface area contributed by atoms with E-state index in [4.69, 9.17) is 8.83 Å². The summed E-state index contributed by atoms with van der Waals surface area (Å²) in [6.07, 6.45) is 0. The average Bonchev–Trinajstić information content (AvgIpc) is 3.58. The zero-order valence-electron chi connectivity index (χ0n) is 21.2. The van der Waals surface area contributed by atoms with Gasteiger partial charge in [-0.3, -0.25) is 0 Å². The third-order valence-corrected chi connectivity index (χ3v) is 7.83. The van der Waals surface area contributed by atoms with Gasteiger partial charge >= 0.3 is 0 Å². The fourth-order valence-corrected chi connectivity index (χ4v) is 5.75. The van der Waals surface area contributed by atoms with E-state index in [9.17, 15) is 0 Å². The third kappa shape index (κ3) is 3.13. The van der Waals surface area contributed by atoms with Gasteiger partial charge in [-0.25, -0.2) is 0 Å². The van der Waals surface area contributed by atoms with E-state index < -0.39 is 0 Å². The van der Waals surface area contributed by atoms with Gasteiger partial charge in [-0.1, -0.05) is 96.1 Å². The molecule has 0 aliphatic heterocycles. The normalized spacial score (nSPS) is 11.9. The molecule has 0 amide bonds. The highest BCUT2D eigenvalue weighted by atomic mass is 16.3. The van der Waals surface area contributed by atoms with Crippen LogP contribution in [0.15, 0.2) is 118 Å². The number of benzene rings is 6. The first kappa shape index (κ1) is 21.3. The predicted octanol–water partition coefficient (Wildman–Crippen LogP) is 10.6. The Balaban J connectivity index is 1.32. The van der Waals surface area contributed by atoms with Crippen LogP contribution in [0.5, 0.6) is 0 Å². The standard InChI is InChI=1S/C36H24O2/c1-21-3-7-23(8-4-21)33-19-25-11-13-29-27-16-18-32-30(28(27)15-17-31(29)35(25)37-33)14-12-26-20-34(38-36(26)32)24-9-5-22(2)6-10-24/h3-20H,1-2H3.